The lowest BCUT2D eigenvalue weighted by molar-refractivity contribution is 1.07. The van der Waals surface area contributed by atoms with Crippen molar-refractivity contribution in [3.8, 4) is 101 Å². The molecule has 0 N–H and O–H groups in total. The summed E-state index contributed by atoms with van der Waals surface area (Å²) in [6.07, 6.45) is 0. The second-order valence-electron chi connectivity index (χ2n) is 25.0. The Hall–Kier alpha value is -12.3. The van der Waals surface area contributed by atoms with E-state index in [0.717, 1.165) is 61.2 Å². The van der Waals surface area contributed by atoms with E-state index in [1.54, 1.807) is 0 Å². The van der Waals surface area contributed by atoms with Crippen molar-refractivity contribution >= 4 is 57.6 Å². The molecule has 0 unspecified atom stereocenters. The molecule has 1 heterocycles. The van der Waals surface area contributed by atoms with Gasteiger partial charge >= 0.3 is 0 Å². The Morgan fingerprint density at radius 3 is 0.582 bits per heavy atom. The predicted octanol–water partition coefficient (Wildman–Crippen LogP) is 17.6. The van der Waals surface area contributed by atoms with Gasteiger partial charge in [0.05, 0.1) is 0 Å². The summed E-state index contributed by atoms with van der Waals surface area (Å²) in [7, 11) is -7.05. The van der Waals surface area contributed by atoms with Gasteiger partial charge in [-0.25, -0.2) is 15.0 Å². The first-order valence-corrected chi connectivity index (χ1v) is 37.5. The fourth-order valence-corrected chi connectivity index (χ4v) is 24.1. The van der Waals surface area contributed by atoms with Crippen LogP contribution in [0.5, 0.6) is 0 Å². The Morgan fingerprint density at radius 2 is 0.316 bits per heavy atom. The first-order valence-electron chi connectivity index (χ1n) is 33.5. The third kappa shape index (κ3) is 11.9. The van der Waals surface area contributed by atoms with E-state index in [-0.39, 0.29) is 0 Å². The molecule has 462 valence electrons. The van der Waals surface area contributed by atoms with Gasteiger partial charge in [-0.05, 0) is 120 Å². The summed E-state index contributed by atoms with van der Waals surface area (Å²) < 4.78 is 0. The van der Waals surface area contributed by atoms with Crippen molar-refractivity contribution in [1.82, 2.24) is 15.0 Å². The highest BCUT2D eigenvalue weighted by molar-refractivity contribution is 7.22. The average Bonchev–Trinajstić information content (AvgIpc) is 0.712. The molecule has 0 fully saturated rings. The van der Waals surface area contributed by atoms with E-state index in [4.69, 9.17) is 15.0 Å². The molecule has 0 aliphatic carbocycles. The Labute approximate surface area is 576 Å². The molecule has 0 radical (unpaired) electrons. The maximum Gasteiger partial charge on any atom is 0.179 e. The number of hydrogen-bond donors (Lipinski definition) is 0. The smallest absolute Gasteiger partial charge is 0.179 e. The second-order valence-corrected chi connectivity index (χ2v) is 32.6. The molecule has 16 rings (SSSR count). The van der Waals surface area contributed by atoms with Crippen LogP contribution in [0.3, 0.4) is 0 Å². The molecule has 16 aromatic rings. The molecular formula is C93H67N3Si2. The van der Waals surface area contributed by atoms with Crippen molar-refractivity contribution in [2.45, 2.75) is 0 Å². The highest BCUT2D eigenvalue weighted by Gasteiger charge is 2.46. The lowest BCUT2D eigenvalue weighted by Crippen LogP contribution is -2.78. The van der Waals surface area contributed by atoms with Crippen LogP contribution in [-0.2, 0) is 0 Å². The summed E-state index contributed by atoms with van der Waals surface area (Å²) in [5.41, 5.74) is 16.4. The third-order valence-electron chi connectivity index (χ3n) is 19.3. The minimum atomic E-state index is -3.52. The largest absolute Gasteiger partial charge is 0.208 e. The molecule has 0 aliphatic rings. The van der Waals surface area contributed by atoms with E-state index in [1.807, 2.05) is 0 Å². The van der Waals surface area contributed by atoms with Gasteiger partial charge in [-0.15, -0.1) is 0 Å². The van der Waals surface area contributed by atoms with Crippen LogP contribution in [0.25, 0.3) is 101 Å². The van der Waals surface area contributed by atoms with Gasteiger partial charge in [0.15, 0.2) is 33.6 Å². The normalized spacial score (nSPS) is 11.5. The van der Waals surface area contributed by atoms with Gasteiger partial charge in [0, 0.05) is 16.7 Å². The number of aromatic nitrogens is 3. The van der Waals surface area contributed by atoms with Crippen LogP contribution in [0, 0.1) is 0 Å². The van der Waals surface area contributed by atoms with Gasteiger partial charge in [-0.2, -0.15) is 0 Å². The summed E-state index contributed by atoms with van der Waals surface area (Å²) >= 11 is 0. The minimum Gasteiger partial charge on any atom is -0.208 e. The number of benzene rings is 15. The van der Waals surface area contributed by atoms with Crippen LogP contribution in [0.4, 0.5) is 0 Å². The molecule has 5 heteroatoms. The highest BCUT2D eigenvalue weighted by Crippen LogP contribution is 2.32. The Balaban J connectivity index is 1.04. The second kappa shape index (κ2) is 27.2. The SMILES string of the molecule is c1ccc(-c2ccc([Si](c3ccccc3)(c3ccc(-c4ccccc4)cc3)c3cc(-c4nc(-c5cccc(-c6ccccc6)c5)nc(-c5cccc(-c6ccccc6)c5)n4)cc([Si](c4ccccc4)(c4ccc(-c5ccccc5)cc4)c4ccc(-c5ccccc5)cc4)c3)cc2)cc1. The Morgan fingerprint density at radius 1 is 0.122 bits per heavy atom. The fourth-order valence-electron chi connectivity index (χ4n) is 14.4. The number of nitrogens with zero attached hydrogens (tertiary/aromatic N) is 3. The lowest BCUT2D eigenvalue weighted by atomic mass is 10.0. The van der Waals surface area contributed by atoms with Gasteiger partial charge in [0.1, 0.15) is 0 Å². The van der Waals surface area contributed by atoms with E-state index in [2.05, 4.69) is 406 Å². The lowest BCUT2D eigenvalue weighted by Gasteiger charge is -2.38. The molecule has 0 saturated heterocycles. The minimum absolute atomic E-state index is 0.577. The molecule has 0 saturated carbocycles. The maximum absolute atomic E-state index is 5.79. The van der Waals surface area contributed by atoms with Gasteiger partial charge in [0.2, 0.25) is 0 Å². The quantitative estimate of drug-likeness (QED) is 0.0674. The van der Waals surface area contributed by atoms with Crippen molar-refractivity contribution in [3.05, 3.63) is 406 Å². The molecule has 0 atom stereocenters. The Kier molecular flexibility index (Phi) is 16.9. The van der Waals surface area contributed by atoms with E-state index in [9.17, 15) is 0 Å². The van der Waals surface area contributed by atoms with Crippen molar-refractivity contribution < 1.29 is 0 Å². The molecule has 0 aliphatic heterocycles. The summed E-state index contributed by atoms with van der Waals surface area (Å²) in [5, 5.41) is 9.90. The molecule has 98 heavy (non-hydrogen) atoms. The number of rotatable bonds is 17. The first kappa shape index (κ1) is 60.7. The van der Waals surface area contributed by atoms with E-state index >= 15 is 0 Å². The first-order chi connectivity index (χ1) is 48.5. The van der Waals surface area contributed by atoms with Crippen molar-refractivity contribution in [1.29, 1.82) is 0 Å². The van der Waals surface area contributed by atoms with Crippen molar-refractivity contribution in [3.63, 3.8) is 0 Å². The summed E-state index contributed by atoms with van der Waals surface area (Å²) in [6, 6.07) is 150. The topological polar surface area (TPSA) is 38.7 Å². The highest BCUT2D eigenvalue weighted by atomic mass is 28.3. The molecule has 0 spiro atoms. The number of hydrogen-bond acceptors (Lipinski definition) is 3. The molecular weight excluding hydrogens is 1220 g/mol. The zero-order chi connectivity index (χ0) is 65.5. The average molecular weight is 1280 g/mol. The van der Waals surface area contributed by atoms with Gasteiger partial charge in [0.25, 0.3) is 0 Å². The van der Waals surface area contributed by atoms with Crippen LogP contribution in [0.2, 0.25) is 0 Å². The zero-order valence-corrected chi connectivity index (χ0v) is 56.0. The van der Waals surface area contributed by atoms with E-state index in [1.165, 1.54) is 63.7 Å². The maximum atomic E-state index is 5.79. The summed E-state index contributed by atoms with van der Waals surface area (Å²) in [5.74, 6) is 1.74. The van der Waals surface area contributed by atoms with Crippen molar-refractivity contribution in [2.75, 3.05) is 0 Å². The fraction of sp³-hybridized carbons (Fsp3) is 0. The van der Waals surface area contributed by atoms with E-state index in [0.29, 0.717) is 17.5 Å². The zero-order valence-electron chi connectivity index (χ0n) is 54.0. The summed E-state index contributed by atoms with van der Waals surface area (Å²) in [6.45, 7) is 0. The van der Waals surface area contributed by atoms with E-state index < -0.39 is 16.1 Å². The Bertz CT molecular complexity index is 4860. The van der Waals surface area contributed by atoms with Crippen LogP contribution < -0.4 is 41.5 Å². The van der Waals surface area contributed by atoms with Gasteiger partial charge in [-0.3, -0.25) is 0 Å². The van der Waals surface area contributed by atoms with Crippen LogP contribution in [0.1, 0.15) is 0 Å². The molecule has 15 aromatic carbocycles. The standard InChI is InChI=1S/C93H67N3Si2/c1-9-27-68(28-10-1)74-47-55-85(56-48-74)97(83-43-21-7-22-44-83,86-57-49-75(50-58-86)69-29-11-2-12-30-69)89-65-82(93-95-91(80-41-25-39-78(63-80)72-35-17-5-18-36-72)94-92(96-93)81-42-26-40-79(64-81)73-37-19-6-20-38-73)66-90(67-89)98(84-45-23-8-24-46-84,87-59-51-76(52-60-87)70-31-13-3-14-32-70)88-61-53-77(54-62-88)71-33-15-4-16-34-71/h1-67H. The molecule has 1 aromatic heterocycles. The van der Waals surface area contributed by atoms with Crippen LogP contribution >= 0.6 is 0 Å². The van der Waals surface area contributed by atoms with Crippen molar-refractivity contribution in [2.24, 2.45) is 0 Å². The van der Waals surface area contributed by atoms with Crippen LogP contribution in [-0.4, -0.2) is 31.1 Å². The third-order valence-corrected chi connectivity index (χ3v) is 28.8. The predicted molar refractivity (Wildman–Crippen MR) is 416 cm³/mol. The van der Waals surface area contributed by atoms with Crippen LogP contribution in [0.15, 0.2) is 406 Å². The molecule has 3 nitrogen and oxygen atoms in total. The van der Waals surface area contributed by atoms with Gasteiger partial charge in [-0.1, -0.05) is 394 Å². The molecule has 0 amide bonds. The monoisotopic (exact) mass is 1280 g/mol. The van der Waals surface area contributed by atoms with Gasteiger partial charge < -0.3 is 0 Å². The molecule has 0 bridgehead atoms. The summed E-state index contributed by atoms with van der Waals surface area (Å²) in [4.78, 5) is 17.1.